The number of hydrogen-bond donors (Lipinski definition) is 0. The first-order valence-electron chi connectivity index (χ1n) is 5.93. The van der Waals surface area contributed by atoms with Gasteiger partial charge in [0.15, 0.2) is 0 Å². The average molecular weight is 399 g/mol. The number of halogens is 6. The summed E-state index contributed by atoms with van der Waals surface area (Å²) in [6.45, 7) is 4.09. The molecule has 24 heavy (non-hydrogen) atoms. The van der Waals surface area contributed by atoms with Gasteiger partial charge in [-0.1, -0.05) is 21.5 Å². The fourth-order valence-corrected chi connectivity index (χ4v) is 4.10. The van der Waals surface area contributed by atoms with Crippen LogP contribution in [-0.4, -0.2) is 23.6 Å². The van der Waals surface area contributed by atoms with E-state index in [1.54, 1.807) is 6.92 Å². The molecule has 0 aromatic heterocycles. The van der Waals surface area contributed by atoms with E-state index in [2.05, 4.69) is 4.18 Å². The predicted molar refractivity (Wildman–Crippen MR) is 72.9 cm³/mol. The van der Waals surface area contributed by atoms with E-state index in [0.717, 1.165) is 0 Å². The summed E-state index contributed by atoms with van der Waals surface area (Å²) >= 11 is 0. The van der Waals surface area contributed by atoms with Crippen LogP contribution in [0.25, 0.3) is 0 Å². The van der Waals surface area contributed by atoms with Crippen LogP contribution in [-0.2, 0) is 20.0 Å². The third-order valence-corrected chi connectivity index (χ3v) is 5.71. The van der Waals surface area contributed by atoms with Gasteiger partial charge in [-0.3, -0.25) is 0 Å². The summed E-state index contributed by atoms with van der Waals surface area (Å²) in [5.74, 6) is -0.663. The fourth-order valence-electron chi connectivity index (χ4n) is 1.69. The van der Waals surface area contributed by atoms with E-state index in [-0.39, 0.29) is 11.1 Å². The molecular formula is C11H11F6NO4S2. The molecule has 138 valence electrons. The van der Waals surface area contributed by atoms with Crippen LogP contribution in [0.4, 0.5) is 26.3 Å². The Morgan fingerprint density at radius 1 is 0.875 bits per heavy atom. The van der Waals surface area contributed by atoms with Crippen molar-refractivity contribution in [1.29, 1.82) is 0 Å². The molecule has 13 heteroatoms. The predicted octanol–water partition coefficient (Wildman–Crippen LogP) is 3.74. The summed E-state index contributed by atoms with van der Waals surface area (Å²) in [4.78, 5) is 0. The first kappa shape index (κ1) is 20.5. The second kappa shape index (κ2) is 6.10. The highest BCUT2D eigenvalue weighted by molar-refractivity contribution is 8.01. The smallest absolute Gasteiger partial charge is 0.388 e. The minimum Gasteiger partial charge on any atom is -0.388 e. The van der Waals surface area contributed by atoms with Gasteiger partial charge in [0, 0.05) is 0 Å². The Hall–Kier alpha value is -1.50. The third kappa shape index (κ3) is 4.12. The molecule has 5 nitrogen and oxygen atoms in total. The molecule has 0 aliphatic rings. The Kier molecular flexibility index (Phi) is 5.22. The molecule has 0 aliphatic carbocycles. The summed E-state index contributed by atoms with van der Waals surface area (Å²) < 4.78 is 115. The number of nitrogens with zero attached hydrogens (tertiary/aromatic N) is 1. The Morgan fingerprint density at radius 3 is 1.62 bits per heavy atom. The normalized spacial score (nSPS) is 15.7. The monoisotopic (exact) mass is 399 g/mol. The van der Waals surface area contributed by atoms with Crippen molar-refractivity contribution < 1.29 is 43.2 Å². The average Bonchev–Trinajstić information content (AvgIpc) is 2.30. The van der Waals surface area contributed by atoms with Crippen molar-refractivity contribution in [2.24, 2.45) is 3.77 Å². The fraction of sp³-hybridized carbons (Fsp3) is 0.455. The zero-order valence-corrected chi connectivity index (χ0v) is 14.0. The van der Waals surface area contributed by atoms with Crippen LogP contribution >= 0.6 is 0 Å². The number of benzene rings is 1. The number of sulfonamides is 1. The van der Waals surface area contributed by atoms with Gasteiger partial charge in [0.1, 0.15) is 5.75 Å². The SMILES string of the molecule is Cc1cc(C)c(O[S@](=O)(=NS(=O)(=O)C(F)(F)F)C(F)(F)F)c(C)c1. The van der Waals surface area contributed by atoms with Gasteiger partial charge in [0.2, 0.25) is 0 Å². The van der Waals surface area contributed by atoms with E-state index < -0.39 is 36.8 Å². The van der Waals surface area contributed by atoms with Crippen LogP contribution in [0, 0.1) is 20.8 Å². The van der Waals surface area contributed by atoms with Crippen LogP contribution in [0.3, 0.4) is 0 Å². The van der Waals surface area contributed by atoms with E-state index in [1.165, 1.54) is 29.7 Å². The molecule has 0 bridgehead atoms. The Labute approximate surface area is 134 Å². The van der Waals surface area contributed by atoms with Crippen LogP contribution < -0.4 is 4.18 Å². The van der Waals surface area contributed by atoms with Crippen LogP contribution in [0.15, 0.2) is 15.9 Å². The summed E-state index contributed by atoms with van der Waals surface area (Å²) in [5, 5.41) is 0. The molecule has 0 N–H and O–H groups in total. The highest BCUT2D eigenvalue weighted by Crippen LogP contribution is 2.36. The highest BCUT2D eigenvalue weighted by atomic mass is 32.3. The van der Waals surface area contributed by atoms with Crippen LogP contribution in [0.1, 0.15) is 16.7 Å². The Morgan fingerprint density at radius 2 is 1.29 bits per heavy atom. The maximum Gasteiger partial charge on any atom is 0.519 e. The maximum atomic E-state index is 12.9. The lowest BCUT2D eigenvalue weighted by atomic mass is 10.1. The second-order valence-corrected chi connectivity index (χ2v) is 8.32. The lowest BCUT2D eigenvalue weighted by molar-refractivity contribution is -0.0470. The zero-order valence-electron chi connectivity index (χ0n) is 12.3. The topological polar surface area (TPSA) is 72.8 Å². The Bertz CT molecular complexity index is 840. The van der Waals surface area contributed by atoms with Crippen molar-refractivity contribution in [1.82, 2.24) is 0 Å². The highest BCUT2D eigenvalue weighted by Gasteiger charge is 2.54. The van der Waals surface area contributed by atoms with Crippen LogP contribution in [0.2, 0.25) is 0 Å². The molecular weight excluding hydrogens is 388 g/mol. The molecule has 0 saturated heterocycles. The number of aryl methyl sites for hydroxylation is 3. The number of alkyl halides is 6. The van der Waals surface area contributed by atoms with Crippen molar-refractivity contribution in [3.8, 4) is 5.75 Å². The standard InChI is InChI=1S/C11H11F6NO4S2/c1-6-4-7(2)9(8(3)5-6)22-24(21,11(15,16)17)18-23(19,20)10(12,13)14/h4-5H,1-3H3/t24-/m0/s1. The molecule has 0 heterocycles. The lowest BCUT2D eigenvalue weighted by Crippen LogP contribution is -2.32. The molecule has 1 aromatic carbocycles. The van der Waals surface area contributed by atoms with E-state index in [4.69, 9.17) is 0 Å². The summed E-state index contributed by atoms with van der Waals surface area (Å²) in [6.07, 6.45) is 0. The lowest BCUT2D eigenvalue weighted by Gasteiger charge is -2.18. The molecule has 1 aromatic rings. The molecule has 1 rings (SSSR count). The van der Waals surface area contributed by atoms with Crippen molar-refractivity contribution in [3.05, 3.63) is 28.8 Å². The summed E-state index contributed by atoms with van der Waals surface area (Å²) in [6, 6.07) is 2.63. The minimum atomic E-state index is -6.69. The molecule has 1 atom stereocenters. The second-order valence-electron chi connectivity index (χ2n) is 4.73. The van der Waals surface area contributed by atoms with Gasteiger partial charge in [0.25, 0.3) is 0 Å². The Balaban J connectivity index is 3.67. The number of rotatable bonds is 3. The molecule has 0 unspecified atom stereocenters. The minimum absolute atomic E-state index is 0.0177. The zero-order chi connectivity index (χ0) is 19.1. The largest absolute Gasteiger partial charge is 0.519 e. The first-order chi connectivity index (χ1) is 10.5. The van der Waals surface area contributed by atoms with E-state index in [9.17, 15) is 39.0 Å². The van der Waals surface area contributed by atoms with Crippen molar-refractivity contribution >= 4 is 20.0 Å². The van der Waals surface area contributed by atoms with Gasteiger partial charge in [-0.15, -0.1) is 0 Å². The first-order valence-corrected chi connectivity index (χ1v) is 8.81. The molecule has 0 saturated carbocycles. The van der Waals surface area contributed by atoms with E-state index >= 15 is 0 Å². The molecule has 0 amide bonds. The van der Waals surface area contributed by atoms with Gasteiger partial charge in [-0.05, 0) is 31.9 Å². The summed E-state index contributed by atoms with van der Waals surface area (Å²) in [7, 11) is -12.9. The van der Waals surface area contributed by atoms with Gasteiger partial charge in [-0.2, -0.15) is 39.0 Å². The third-order valence-electron chi connectivity index (χ3n) is 2.58. The van der Waals surface area contributed by atoms with Gasteiger partial charge in [0.05, 0.1) is 0 Å². The van der Waals surface area contributed by atoms with Gasteiger partial charge < -0.3 is 4.18 Å². The van der Waals surface area contributed by atoms with E-state index in [0.29, 0.717) is 5.56 Å². The molecule has 0 aliphatic heterocycles. The van der Waals surface area contributed by atoms with Crippen molar-refractivity contribution in [2.75, 3.05) is 0 Å². The molecule has 0 radical (unpaired) electrons. The maximum absolute atomic E-state index is 12.9. The number of hydrogen-bond acceptors (Lipinski definition) is 4. The van der Waals surface area contributed by atoms with Crippen molar-refractivity contribution in [2.45, 2.75) is 31.8 Å². The molecule has 0 spiro atoms. The van der Waals surface area contributed by atoms with Crippen LogP contribution in [0.5, 0.6) is 5.75 Å². The van der Waals surface area contributed by atoms with Gasteiger partial charge in [-0.25, -0.2) is 0 Å². The summed E-state index contributed by atoms with van der Waals surface area (Å²) in [5.41, 5.74) is -11.5. The van der Waals surface area contributed by atoms with E-state index in [1.807, 2.05) is 0 Å². The molecule has 0 fully saturated rings. The van der Waals surface area contributed by atoms with Gasteiger partial charge >= 0.3 is 31.0 Å². The quantitative estimate of drug-likeness (QED) is 0.726. The van der Waals surface area contributed by atoms with Crippen molar-refractivity contribution in [3.63, 3.8) is 0 Å².